The number of rotatable bonds is 3. The van der Waals surface area contributed by atoms with E-state index in [4.69, 9.17) is 4.74 Å². The summed E-state index contributed by atoms with van der Waals surface area (Å²) < 4.78 is 6.61. The van der Waals surface area contributed by atoms with E-state index < -0.39 is 0 Å². The van der Waals surface area contributed by atoms with Gasteiger partial charge in [-0.3, -0.25) is 10.1 Å². The van der Waals surface area contributed by atoms with Crippen LogP contribution in [0.15, 0.2) is 16.6 Å². The minimum Gasteiger partial charge on any atom is -0.490 e. The number of halogens is 1. The van der Waals surface area contributed by atoms with Crippen LogP contribution in [0.2, 0.25) is 0 Å². The first-order valence-corrected chi connectivity index (χ1v) is 6.98. The van der Waals surface area contributed by atoms with Gasteiger partial charge in [-0.15, -0.1) is 0 Å². The number of benzene rings is 1. The second-order valence-electron chi connectivity index (χ2n) is 4.68. The fraction of sp³-hybridized carbons (Fsp3) is 0.538. The van der Waals surface area contributed by atoms with Crippen LogP contribution in [0.25, 0.3) is 0 Å². The molecule has 0 heterocycles. The van der Waals surface area contributed by atoms with Crippen molar-refractivity contribution < 1.29 is 9.66 Å². The highest BCUT2D eigenvalue weighted by Crippen LogP contribution is 2.34. The first-order valence-electron chi connectivity index (χ1n) is 6.19. The summed E-state index contributed by atoms with van der Waals surface area (Å²) in [7, 11) is 0. The van der Waals surface area contributed by atoms with Gasteiger partial charge in [0, 0.05) is 10.5 Å². The van der Waals surface area contributed by atoms with Gasteiger partial charge >= 0.3 is 0 Å². The Morgan fingerprint density at radius 3 is 2.61 bits per heavy atom. The molecule has 1 aliphatic rings. The van der Waals surface area contributed by atoms with Gasteiger partial charge in [-0.25, -0.2) is 0 Å². The van der Waals surface area contributed by atoms with E-state index in [9.17, 15) is 10.1 Å². The van der Waals surface area contributed by atoms with Crippen LogP contribution in [-0.2, 0) is 0 Å². The molecule has 0 atom stereocenters. The van der Waals surface area contributed by atoms with E-state index in [1.165, 1.54) is 25.3 Å². The Morgan fingerprint density at radius 1 is 1.33 bits per heavy atom. The smallest absolute Gasteiger partial charge is 0.277 e. The number of hydrogen-bond acceptors (Lipinski definition) is 3. The fourth-order valence-corrected chi connectivity index (χ4v) is 2.74. The van der Waals surface area contributed by atoms with Crippen LogP contribution in [0.1, 0.15) is 37.7 Å². The summed E-state index contributed by atoms with van der Waals surface area (Å²) in [4.78, 5) is 10.6. The van der Waals surface area contributed by atoms with Gasteiger partial charge in [0.05, 0.1) is 16.6 Å². The van der Waals surface area contributed by atoms with E-state index >= 15 is 0 Å². The van der Waals surface area contributed by atoms with Crippen molar-refractivity contribution in [3.63, 3.8) is 0 Å². The Labute approximate surface area is 115 Å². The molecule has 1 fully saturated rings. The van der Waals surface area contributed by atoms with Crippen LogP contribution in [0.5, 0.6) is 5.75 Å². The lowest BCUT2D eigenvalue weighted by Crippen LogP contribution is -2.20. The molecule has 0 spiro atoms. The van der Waals surface area contributed by atoms with Crippen molar-refractivity contribution in [1.82, 2.24) is 0 Å². The third kappa shape index (κ3) is 3.02. The van der Waals surface area contributed by atoms with E-state index in [-0.39, 0.29) is 16.7 Å². The van der Waals surface area contributed by atoms with E-state index in [2.05, 4.69) is 15.9 Å². The molecule has 0 unspecified atom stereocenters. The van der Waals surface area contributed by atoms with E-state index in [1.54, 1.807) is 6.92 Å². The number of hydrogen-bond donors (Lipinski definition) is 0. The molecule has 0 aliphatic heterocycles. The predicted octanol–water partition coefficient (Wildman–Crippen LogP) is 4.38. The lowest BCUT2D eigenvalue weighted by molar-refractivity contribution is -0.385. The molecular formula is C13H16BrNO3. The lowest BCUT2D eigenvalue weighted by atomic mass is 9.97. The highest BCUT2D eigenvalue weighted by atomic mass is 79.9. The Balaban J connectivity index is 2.23. The summed E-state index contributed by atoms with van der Waals surface area (Å²) in [6, 6.07) is 3.33. The maximum absolute atomic E-state index is 10.9. The summed E-state index contributed by atoms with van der Waals surface area (Å²) in [5.41, 5.74) is 0.712. The molecule has 0 aromatic heterocycles. The van der Waals surface area contributed by atoms with Crippen molar-refractivity contribution in [2.75, 3.05) is 0 Å². The van der Waals surface area contributed by atoms with Gasteiger partial charge in [0.1, 0.15) is 5.75 Å². The molecule has 0 radical (unpaired) electrons. The number of nitro groups is 1. The predicted molar refractivity (Wildman–Crippen MR) is 73.0 cm³/mol. The minimum atomic E-state index is -0.367. The van der Waals surface area contributed by atoms with Crippen molar-refractivity contribution in [3.8, 4) is 5.75 Å². The van der Waals surface area contributed by atoms with Crippen molar-refractivity contribution in [2.24, 2.45) is 0 Å². The summed E-state index contributed by atoms with van der Waals surface area (Å²) in [6.45, 7) is 1.74. The number of nitro benzene ring substituents is 1. The molecular weight excluding hydrogens is 298 g/mol. The molecule has 0 saturated heterocycles. The molecule has 2 rings (SSSR count). The maximum Gasteiger partial charge on any atom is 0.277 e. The standard InChI is InChI=1S/C13H16BrNO3/c1-9-12(15(16)17)7-10(14)8-13(9)18-11-5-3-2-4-6-11/h7-8,11H,2-6H2,1H3. The van der Waals surface area contributed by atoms with Crippen LogP contribution in [0, 0.1) is 17.0 Å². The molecule has 1 saturated carbocycles. The Bertz CT molecular complexity index is 456. The van der Waals surface area contributed by atoms with Gasteiger partial charge in [0.15, 0.2) is 0 Å². The number of nitrogens with zero attached hydrogens (tertiary/aromatic N) is 1. The first kappa shape index (κ1) is 13.3. The molecule has 1 aliphatic carbocycles. The van der Waals surface area contributed by atoms with Gasteiger partial charge in [-0.05, 0) is 38.7 Å². The monoisotopic (exact) mass is 313 g/mol. The summed E-state index contributed by atoms with van der Waals surface area (Å²) in [5, 5.41) is 10.9. The SMILES string of the molecule is Cc1c(OC2CCCCC2)cc(Br)cc1[N+](=O)[O-]. The highest BCUT2D eigenvalue weighted by Gasteiger charge is 2.20. The molecule has 18 heavy (non-hydrogen) atoms. The Kier molecular flexibility index (Phi) is 4.22. The zero-order chi connectivity index (χ0) is 13.1. The van der Waals surface area contributed by atoms with Crippen LogP contribution < -0.4 is 4.74 Å². The topological polar surface area (TPSA) is 52.4 Å². The molecule has 98 valence electrons. The molecule has 1 aromatic rings. The van der Waals surface area contributed by atoms with Crippen LogP contribution in [0.3, 0.4) is 0 Å². The molecule has 0 N–H and O–H groups in total. The van der Waals surface area contributed by atoms with Gasteiger partial charge in [0.25, 0.3) is 5.69 Å². The van der Waals surface area contributed by atoms with Crippen LogP contribution >= 0.6 is 15.9 Å². The van der Waals surface area contributed by atoms with Crippen LogP contribution in [-0.4, -0.2) is 11.0 Å². The van der Waals surface area contributed by atoms with Gasteiger partial charge in [-0.2, -0.15) is 0 Å². The zero-order valence-electron chi connectivity index (χ0n) is 10.3. The van der Waals surface area contributed by atoms with Gasteiger partial charge < -0.3 is 4.74 Å². The average Bonchev–Trinajstić information content (AvgIpc) is 2.34. The summed E-state index contributed by atoms with van der Waals surface area (Å²) in [5.74, 6) is 0.628. The second kappa shape index (κ2) is 5.69. The van der Waals surface area contributed by atoms with Gasteiger partial charge in [-0.1, -0.05) is 22.4 Å². The maximum atomic E-state index is 10.9. The van der Waals surface area contributed by atoms with Crippen molar-refractivity contribution >= 4 is 21.6 Å². The first-order chi connectivity index (χ1) is 8.58. The molecule has 5 heteroatoms. The van der Waals surface area contributed by atoms with Crippen LogP contribution in [0.4, 0.5) is 5.69 Å². The Morgan fingerprint density at radius 2 is 2.00 bits per heavy atom. The molecule has 1 aromatic carbocycles. The summed E-state index contributed by atoms with van der Waals surface area (Å²) in [6.07, 6.45) is 5.91. The molecule has 0 amide bonds. The second-order valence-corrected chi connectivity index (χ2v) is 5.60. The highest BCUT2D eigenvalue weighted by molar-refractivity contribution is 9.10. The Hall–Kier alpha value is -1.10. The van der Waals surface area contributed by atoms with Crippen molar-refractivity contribution in [1.29, 1.82) is 0 Å². The third-order valence-corrected chi connectivity index (χ3v) is 3.80. The van der Waals surface area contributed by atoms with E-state index in [0.29, 0.717) is 15.8 Å². The van der Waals surface area contributed by atoms with E-state index in [1.807, 2.05) is 6.07 Å². The molecule has 0 bridgehead atoms. The average molecular weight is 314 g/mol. The van der Waals surface area contributed by atoms with E-state index in [0.717, 1.165) is 12.8 Å². The third-order valence-electron chi connectivity index (χ3n) is 3.34. The minimum absolute atomic E-state index is 0.107. The normalized spacial score (nSPS) is 16.6. The molecule has 4 nitrogen and oxygen atoms in total. The van der Waals surface area contributed by atoms with Crippen molar-refractivity contribution in [3.05, 3.63) is 32.3 Å². The van der Waals surface area contributed by atoms with Crippen molar-refractivity contribution in [2.45, 2.75) is 45.1 Å². The summed E-state index contributed by atoms with van der Waals surface area (Å²) >= 11 is 3.30. The lowest BCUT2D eigenvalue weighted by Gasteiger charge is -2.23. The number of ether oxygens (including phenoxy) is 1. The quantitative estimate of drug-likeness (QED) is 0.614. The largest absolute Gasteiger partial charge is 0.490 e. The zero-order valence-corrected chi connectivity index (χ0v) is 11.9. The fourth-order valence-electron chi connectivity index (χ4n) is 2.31. The van der Waals surface area contributed by atoms with Gasteiger partial charge in [0.2, 0.25) is 0 Å².